The average molecular weight is 376 g/mol. The summed E-state index contributed by atoms with van der Waals surface area (Å²) in [4.78, 5) is 24.7. The van der Waals surface area contributed by atoms with Crippen molar-refractivity contribution in [2.24, 2.45) is 0 Å². The largest absolute Gasteiger partial charge is 0.493 e. The molecule has 0 unspecified atom stereocenters. The molecule has 0 saturated carbocycles. The highest BCUT2D eigenvalue weighted by molar-refractivity contribution is 7.10. The summed E-state index contributed by atoms with van der Waals surface area (Å²) in [6.07, 6.45) is 1.36. The lowest BCUT2D eigenvalue weighted by Gasteiger charge is -2.10. The number of methoxy groups -OCH3 is 2. The number of carbonyl (C=O) groups excluding carboxylic acids is 2. The predicted molar refractivity (Wildman–Crippen MR) is 102 cm³/mol. The number of thiophene rings is 1. The molecule has 2 rings (SSSR count). The van der Waals surface area contributed by atoms with E-state index in [1.807, 2.05) is 35.7 Å². The van der Waals surface area contributed by atoms with Crippen LogP contribution in [-0.2, 0) is 22.4 Å². The summed E-state index contributed by atoms with van der Waals surface area (Å²) in [6.45, 7) is 0.841. The van der Waals surface area contributed by atoms with E-state index in [-0.39, 0.29) is 11.8 Å². The van der Waals surface area contributed by atoms with E-state index in [0.717, 1.165) is 10.4 Å². The van der Waals surface area contributed by atoms with Gasteiger partial charge in [-0.25, -0.2) is 0 Å². The van der Waals surface area contributed by atoms with E-state index in [1.165, 1.54) is 0 Å². The van der Waals surface area contributed by atoms with Crippen LogP contribution in [0.5, 0.6) is 11.5 Å². The van der Waals surface area contributed by atoms with Crippen LogP contribution in [0.25, 0.3) is 0 Å². The van der Waals surface area contributed by atoms with E-state index in [1.54, 1.807) is 25.6 Å². The van der Waals surface area contributed by atoms with Crippen molar-refractivity contribution in [3.05, 3.63) is 46.2 Å². The Labute approximate surface area is 157 Å². The van der Waals surface area contributed by atoms with E-state index < -0.39 is 0 Å². The van der Waals surface area contributed by atoms with Gasteiger partial charge in [0.2, 0.25) is 11.8 Å². The van der Waals surface area contributed by atoms with Gasteiger partial charge in [0.15, 0.2) is 11.5 Å². The normalized spacial score (nSPS) is 10.2. The summed E-state index contributed by atoms with van der Waals surface area (Å²) in [5.74, 6) is 1.23. The second kappa shape index (κ2) is 10.5. The number of hydrogen-bond donors (Lipinski definition) is 2. The zero-order valence-electron chi connectivity index (χ0n) is 15.0. The monoisotopic (exact) mass is 376 g/mol. The zero-order chi connectivity index (χ0) is 18.8. The number of nitrogens with one attached hydrogen (secondary N) is 2. The molecule has 140 valence electrons. The fraction of sp³-hybridized carbons (Fsp3) is 0.368. The smallest absolute Gasteiger partial charge is 0.225 e. The summed E-state index contributed by atoms with van der Waals surface area (Å²) in [7, 11) is 3.17. The predicted octanol–water partition coefficient (Wildman–Crippen LogP) is 2.17. The van der Waals surface area contributed by atoms with Crippen molar-refractivity contribution in [3.63, 3.8) is 0 Å². The van der Waals surface area contributed by atoms with Gasteiger partial charge in [-0.2, -0.15) is 0 Å². The topological polar surface area (TPSA) is 76.7 Å². The third kappa shape index (κ3) is 6.40. The van der Waals surface area contributed by atoms with Crippen LogP contribution in [0.4, 0.5) is 0 Å². The molecule has 0 aliphatic heterocycles. The standard InChI is InChI=1S/C19H24N2O4S/c1-24-16-7-5-14(12-17(16)25-2)6-8-18(22)20-9-10-21-19(23)13-15-4-3-11-26-15/h3-5,7,11-12H,6,8-10,13H2,1-2H3,(H,20,22)(H,21,23). The Morgan fingerprint density at radius 3 is 2.38 bits per heavy atom. The first kappa shape index (κ1) is 19.8. The number of amides is 2. The lowest BCUT2D eigenvalue weighted by atomic mass is 10.1. The Hall–Kier alpha value is -2.54. The Bertz CT molecular complexity index is 716. The molecule has 0 fully saturated rings. The molecule has 0 aliphatic carbocycles. The number of rotatable bonds is 10. The molecule has 0 bridgehead atoms. The second-order valence-corrected chi connectivity index (χ2v) is 6.68. The van der Waals surface area contributed by atoms with Crippen LogP contribution in [-0.4, -0.2) is 39.1 Å². The maximum Gasteiger partial charge on any atom is 0.225 e. The van der Waals surface area contributed by atoms with Gasteiger partial charge < -0.3 is 20.1 Å². The molecule has 7 heteroatoms. The number of carbonyl (C=O) groups is 2. The van der Waals surface area contributed by atoms with E-state index in [9.17, 15) is 9.59 Å². The molecular formula is C19H24N2O4S. The number of hydrogen-bond acceptors (Lipinski definition) is 5. The van der Waals surface area contributed by atoms with Crippen molar-refractivity contribution < 1.29 is 19.1 Å². The third-order valence-electron chi connectivity index (χ3n) is 3.77. The first-order valence-corrected chi connectivity index (χ1v) is 9.27. The third-order valence-corrected chi connectivity index (χ3v) is 4.65. The quantitative estimate of drug-likeness (QED) is 0.623. The van der Waals surface area contributed by atoms with Gasteiger partial charge in [0, 0.05) is 24.4 Å². The molecule has 0 saturated heterocycles. The number of ether oxygens (including phenoxy) is 2. The van der Waals surface area contributed by atoms with E-state index in [2.05, 4.69) is 10.6 Å². The fourth-order valence-electron chi connectivity index (χ4n) is 2.42. The maximum atomic E-state index is 11.9. The van der Waals surface area contributed by atoms with E-state index in [4.69, 9.17) is 9.47 Å². The van der Waals surface area contributed by atoms with E-state index in [0.29, 0.717) is 43.9 Å². The molecule has 6 nitrogen and oxygen atoms in total. The highest BCUT2D eigenvalue weighted by atomic mass is 32.1. The Balaban J connectivity index is 1.63. The second-order valence-electron chi connectivity index (χ2n) is 5.65. The van der Waals surface area contributed by atoms with Crippen LogP contribution in [0.3, 0.4) is 0 Å². The van der Waals surface area contributed by atoms with Gasteiger partial charge in [-0.15, -0.1) is 11.3 Å². The molecule has 0 spiro atoms. The lowest BCUT2D eigenvalue weighted by molar-refractivity contribution is -0.122. The molecule has 2 N–H and O–H groups in total. The summed E-state index contributed by atoms with van der Waals surface area (Å²) in [5, 5.41) is 7.56. The van der Waals surface area contributed by atoms with Crippen LogP contribution in [0.2, 0.25) is 0 Å². The molecule has 0 radical (unpaired) electrons. The summed E-state index contributed by atoms with van der Waals surface area (Å²) >= 11 is 1.56. The van der Waals surface area contributed by atoms with Gasteiger partial charge in [-0.05, 0) is 35.6 Å². The molecular weight excluding hydrogens is 352 g/mol. The average Bonchev–Trinajstić information content (AvgIpc) is 3.16. The molecule has 26 heavy (non-hydrogen) atoms. The Morgan fingerprint density at radius 1 is 1.00 bits per heavy atom. The van der Waals surface area contributed by atoms with Gasteiger partial charge in [-0.1, -0.05) is 12.1 Å². The van der Waals surface area contributed by atoms with Crippen molar-refractivity contribution >= 4 is 23.2 Å². The van der Waals surface area contributed by atoms with E-state index >= 15 is 0 Å². The van der Waals surface area contributed by atoms with Gasteiger partial charge in [0.05, 0.1) is 20.6 Å². The highest BCUT2D eigenvalue weighted by Crippen LogP contribution is 2.27. The first-order valence-electron chi connectivity index (χ1n) is 8.39. The number of aryl methyl sites for hydroxylation is 1. The minimum Gasteiger partial charge on any atom is -0.493 e. The maximum absolute atomic E-state index is 11.9. The van der Waals surface area contributed by atoms with Gasteiger partial charge in [0.1, 0.15) is 0 Å². The Kier molecular flexibility index (Phi) is 7.95. The highest BCUT2D eigenvalue weighted by Gasteiger charge is 2.07. The number of benzene rings is 1. The summed E-state index contributed by atoms with van der Waals surface area (Å²) < 4.78 is 10.5. The minimum atomic E-state index is -0.0488. The van der Waals surface area contributed by atoms with Crippen LogP contribution in [0, 0.1) is 0 Å². The molecule has 0 aliphatic rings. The lowest BCUT2D eigenvalue weighted by Crippen LogP contribution is -2.35. The van der Waals surface area contributed by atoms with Crippen molar-refractivity contribution in [2.75, 3.05) is 27.3 Å². The van der Waals surface area contributed by atoms with Crippen molar-refractivity contribution in [1.82, 2.24) is 10.6 Å². The van der Waals surface area contributed by atoms with Crippen LogP contribution >= 0.6 is 11.3 Å². The molecule has 2 amide bonds. The molecule has 1 heterocycles. The fourth-order valence-corrected chi connectivity index (χ4v) is 3.12. The van der Waals surface area contributed by atoms with Crippen molar-refractivity contribution in [2.45, 2.75) is 19.3 Å². The van der Waals surface area contributed by atoms with Crippen LogP contribution in [0.15, 0.2) is 35.7 Å². The van der Waals surface area contributed by atoms with Crippen molar-refractivity contribution in [1.29, 1.82) is 0 Å². The summed E-state index contributed by atoms with van der Waals surface area (Å²) in [5.41, 5.74) is 1.00. The first-order chi connectivity index (χ1) is 12.6. The molecule has 1 aromatic carbocycles. The molecule has 0 atom stereocenters. The van der Waals surface area contributed by atoms with Crippen molar-refractivity contribution in [3.8, 4) is 11.5 Å². The summed E-state index contributed by atoms with van der Waals surface area (Å²) in [6, 6.07) is 9.47. The SMILES string of the molecule is COc1ccc(CCC(=O)NCCNC(=O)Cc2cccs2)cc1OC. The van der Waals surface area contributed by atoms with Gasteiger partial charge in [-0.3, -0.25) is 9.59 Å². The van der Waals surface area contributed by atoms with Gasteiger partial charge >= 0.3 is 0 Å². The van der Waals surface area contributed by atoms with Gasteiger partial charge in [0.25, 0.3) is 0 Å². The molecule has 2 aromatic rings. The van der Waals surface area contributed by atoms with Crippen LogP contribution in [0.1, 0.15) is 16.9 Å². The Morgan fingerprint density at radius 2 is 1.73 bits per heavy atom. The zero-order valence-corrected chi connectivity index (χ0v) is 15.9. The minimum absolute atomic E-state index is 0.0352. The molecule has 1 aromatic heterocycles. The van der Waals surface area contributed by atoms with Crippen LogP contribution < -0.4 is 20.1 Å².